The summed E-state index contributed by atoms with van der Waals surface area (Å²) in [6.45, 7) is 6.54. The molecule has 0 aliphatic carbocycles. The maximum atomic E-state index is 5.46. The molecule has 0 bridgehead atoms. The lowest BCUT2D eigenvalue weighted by Crippen LogP contribution is -2.11. The van der Waals surface area contributed by atoms with Crippen molar-refractivity contribution >= 4 is 0 Å². The first-order valence-electron chi connectivity index (χ1n) is 5.96. The number of aryl methyl sites for hydroxylation is 1. The van der Waals surface area contributed by atoms with Crippen molar-refractivity contribution in [1.29, 1.82) is 0 Å². The monoisotopic (exact) mass is 245 g/mol. The van der Waals surface area contributed by atoms with E-state index in [9.17, 15) is 0 Å². The zero-order valence-corrected chi connectivity index (χ0v) is 11.6. The van der Waals surface area contributed by atoms with Crippen molar-refractivity contribution < 1.29 is 4.74 Å². The van der Waals surface area contributed by atoms with Gasteiger partial charge in [-0.05, 0) is 23.1 Å². The number of methoxy groups -OCH3 is 1. The predicted octanol–water partition coefficient (Wildman–Crippen LogP) is 2.79. The summed E-state index contributed by atoms with van der Waals surface area (Å²) in [6, 6.07) is 6.19. The molecule has 1 aromatic carbocycles. The highest BCUT2D eigenvalue weighted by molar-refractivity contribution is 5.64. The second kappa shape index (κ2) is 4.44. The quantitative estimate of drug-likeness (QED) is 0.816. The van der Waals surface area contributed by atoms with Crippen LogP contribution in [-0.4, -0.2) is 21.9 Å². The van der Waals surface area contributed by atoms with Crippen LogP contribution in [0, 0.1) is 0 Å². The third kappa shape index (κ3) is 2.37. The van der Waals surface area contributed by atoms with Gasteiger partial charge in [-0.25, -0.2) is 4.98 Å². The second-order valence-electron chi connectivity index (χ2n) is 5.41. The molecule has 4 nitrogen and oxygen atoms in total. The molecule has 0 N–H and O–H groups in total. The van der Waals surface area contributed by atoms with E-state index in [1.165, 1.54) is 5.56 Å². The summed E-state index contributed by atoms with van der Waals surface area (Å²) in [6.07, 6.45) is 1.69. The fraction of sp³-hybridized carbons (Fsp3) is 0.429. The highest BCUT2D eigenvalue weighted by Gasteiger charge is 2.17. The molecule has 0 atom stereocenters. The Labute approximate surface area is 108 Å². The lowest BCUT2D eigenvalue weighted by Gasteiger charge is -2.20. The number of rotatable bonds is 2. The minimum atomic E-state index is 0.101. The molecule has 0 saturated heterocycles. The molecule has 0 amide bonds. The average Bonchev–Trinajstić information content (AvgIpc) is 2.73. The van der Waals surface area contributed by atoms with E-state index in [-0.39, 0.29) is 5.41 Å². The summed E-state index contributed by atoms with van der Waals surface area (Å²) in [4.78, 5) is 4.26. The minimum absolute atomic E-state index is 0.101. The molecule has 1 aromatic heterocycles. The highest BCUT2D eigenvalue weighted by Crippen LogP contribution is 2.32. The van der Waals surface area contributed by atoms with Gasteiger partial charge in [0.25, 0.3) is 0 Å². The van der Waals surface area contributed by atoms with E-state index in [0.717, 1.165) is 11.3 Å². The Morgan fingerprint density at radius 1 is 1.22 bits per heavy atom. The minimum Gasteiger partial charge on any atom is -0.496 e. The van der Waals surface area contributed by atoms with Gasteiger partial charge in [0.05, 0.1) is 12.7 Å². The number of aromatic nitrogens is 3. The largest absolute Gasteiger partial charge is 0.496 e. The van der Waals surface area contributed by atoms with Gasteiger partial charge >= 0.3 is 0 Å². The van der Waals surface area contributed by atoms with Crippen LogP contribution in [0.3, 0.4) is 0 Å². The van der Waals surface area contributed by atoms with E-state index < -0.39 is 0 Å². The zero-order chi connectivity index (χ0) is 13.3. The van der Waals surface area contributed by atoms with Gasteiger partial charge in [-0.1, -0.05) is 26.8 Å². The highest BCUT2D eigenvalue weighted by atomic mass is 16.5. The van der Waals surface area contributed by atoms with Crippen molar-refractivity contribution in [3.63, 3.8) is 0 Å². The van der Waals surface area contributed by atoms with Crippen molar-refractivity contribution in [2.75, 3.05) is 7.11 Å². The van der Waals surface area contributed by atoms with Crippen molar-refractivity contribution in [2.24, 2.45) is 7.05 Å². The number of hydrogen-bond acceptors (Lipinski definition) is 3. The molecule has 2 rings (SSSR count). The summed E-state index contributed by atoms with van der Waals surface area (Å²) in [7, 11) is 3.53. The molecule has 2 aromatic rings. The molecule has 4 heteroatoms. The second-order valence-corrected chi connectivity index (χ2v) is 5.41. The fourth-order valence-electron chi connectivity index (χ4n) is 1.81. The number of nitrogens with zero attached hydrogens (tertiary/aromatic N) is 3. The molecule has 0 aliphatic rings. The maximum Gasteiger partial charge on any atom is 0.184 e. The van der Waals surface area contributed by atoms with Crippen LogP contribution in [0.2, 0.25) is 0 Å². The van der Waals surface area contributed by atoms with Crippen molar-refractivity contribution in [3.05, 3.63) is 30.1 Å². The first-order valence-corrected chi connectivity index (χ1v) is 5.96. The van der Waals surface area contributed by atoms with Gasteiger partial charge in [0.2, 0.25) is 0 Å². The molecule has 0 fully saturated rings. The molecule has 18 heavy (non-hydrogen) atoms. The van der Waals surface area contributed by atoms with E-state index >= 15 is 0 Å². The average molecular weight is 245 g/mol. The first kappa shape index (κ1) is 12.6. The summed E-state index contributed by atoms with van der Waals surface area (Å²) in [5, 5.41) is 4.31. The van der Waals surface area contributed by atoms with Crippen LogP contribution < -0.4 is 4.74 Å². The van der Waals surface area contributed by atoms with Gasteiger partial charge in [0.15, 0.2) is 5.82 Å². The van der Waals surface area contributed by atoms with E-state index in [1.54, 1.807) is 18.1 Å². The Bertz CT molecular complexity index is 552. The molecule has 0 saturated carbocycles. The third-order valence-electron chi connectivity index (χ3n) is 2.91. The SMILES string of the molecule is COc1cc(C(C)(C)C)ccc1-c1ncn(C)n1. The van der Waals surface area contributed by atoms with E-state index in [1.807, 2.05) is 13.1 Å². The summed E-state index contributed by atoms with van der Waals surface area (Å²) >= 11 is 0. The molecule has 1 heterocycles. The van der Waals surface area contributed by atoms with Gasteiger partial charge < -0.3 is 4.74 Å². The summed E-state index contributed by atoms with van der Waals surface area (Å²) < 4.78 is 7.14. The van der Waals surface area contributed by atoms with Crippen LogP contribution in [0.1, 0.15) is 26.3 Å². The molecular weight excluding hydrogens is 226 g/mol. The van der Waals surface area contributed by atoms with Crippen LogP contribution in [0.5, 0.6) is 5.75 Å². The Balaban J connectivity index is 2.50. The zero-order valence-electron chi connectivity index (χ0n) is 11.6. The molecule has 96 valence electrons. The van der Waals surface area contributed by atoms with Crippen LogP contribution in [0.25, 0.3) is 11.4 Å². The lowest BCUT2D eigenvalue weighted by atomic mass is 9.86. The van der Waals surface area contributed by atoms with Crippen LogP contribution >= 0.6 is 0 Å². The number of hydrogen-bond donors (Lipinski definition) is 0. The van der Waals surface area contributed by atoms with Crippen molar-refractivity contribution in [2.45, 2.75) is 26.2 Å². The molecular formula is C14H19N3O. The smallest absolute Gasteiger partial charge is 0.184 e. The first-order chi connectivity index (χ1) is 8.41. The van der Waals surface area contributed by atoms with Crippen LogP contribution in [0.15, 0.2) is 24.5 Å². The fourth-order valence-corrected chi connectivity index (χ4v) is 1.81. The Kier molecular flexibility index (Phi) is 3.11. The van der Waals surface area contributed by atoms with Gasteiger partial charge in [-0.2, -0.15) is 5.10 Å². The number of ether oxygens (including phenoxy) is 1. The van der Waals surface area contributed by atoms with Crippen LogP contribution in [-0.2, 0) is 12.5 Å². The number of benzene rings is 1. The van der Waals surface area contributed by atoms with E-state index in [0.29, 0.717) is 5.82 Å². The Morgan fingerprint density at radius 3 is 2.44 bits per heavy atom. The normalized spacial score (nSPS) is 11.6. The third-order valence-corrected chi connectivity index (χ3v) is 2.91. The topological polar surface area (TPSA) is 39.9 Å². The van der Waals surface area contributed by atoms with Crippen molar-refractivity contribution in [1.82, 2.24) is 14.8 Å². The van der Waals surface area contributed by atoms with E-state index in [4.69, 9.17) is 4.74 Å². The lowest BCUT2D eigenvalue weighted by molar-refractivity contribution is 0.414. The van der Waals surface area contributed by atoms with Gasteiger partial charge in [-0.15, -0.1) is 0 Å². The van der Waals surface area contributed by atoms with Gasteiger partial charge in [-0.3, -0.25) is 4.68 Å². The molecule has 0 aliphatic heterocycles. The Hall–Kier alpha value is -1.84. The predicted molar refractivity (Wildman–Crippen MR) is 71.7 cm³/mol. The van der Waals surface area contributed by atoms with Gasteiger partial charge in [0, 0.05) is 7.05 Å². The van der Waals surface area contributed by atoms with Crippen molar-refractivity contribution in [3.8, 4) is 17.1 Å². The van der Waals surface area contributed by atoms with E-state index in [2.05, 4.69) is 43.0 Å². The maximum absolute atomic E-state index is 5.46. The summed E-state index contributed by atoms with van der Waals surface area (Å²) in [5.41, 5.74) is 2.26. The molecule has 0 unspecified atom stereocenters. The molecule has 0 spiro atoms. The standard InChI is InChI=1S/C14H19N3O/c1-14(2,3)10-6-7-11(12(8-10)18-5)13-15-9-17(4)16-13/h6-9H,1-5H3. The van der Waals surface area contributed by atoms with Crippen LogP contribution in [0.4, 0.5) is 0 Å². The summed E-state index contributed by atoms with van der Waals surface area (Å²) in [5.74, 6) is 1.50. The Morgan fingerprint density at radius 2 is 1.94 bits per heavy atom. The van der Waals surface area contributed by atoms with Gasteiger partial charge in [0.1, 0.15) is 12.1 Å². The molecule has 0 radical (unpaired) electrons.